The lowest BCUT2D eigenvalue weighted by Gasteiger charge is -2.24. The molecule has 20 heavy (non-hydrogen) atoms. The zero-order valence-corrected chi connectivity index (χ0v) is 12.3. The minimum absolute atomic E-state index is 0.0262. The van der Waals surface area contributed by atoms with Gasteiger partial charge in [-0.1, -0.05) is 18.2 Å². The lowest BCUT2D eigenvalue weighted by Crippen LogP contribution is -2.41. The summed E-state index contributed by atoms with van der Waals surface area (Å²) < 4.78 is 24.4. The van der Waals surface area contributed by atoms with Crippen molar-refractivity contribution in [3.05, 3.63) is 29.8 Å². The van der Waals surface area contributed by atoms with E-state index < -0.39 is 9.84 Å². The molecule has 0 radical (unpaired) electrons. The zero-order valence-electron chi connectivity index (χ0n) is 11.5. The normalized spacial score (nSPS) is 35.1. The average molecular weight is 292 g/mol. The fourth-order valence-corrected chi connectivity index (χ4v) is 5.87. The molecule has 2 saturated heterocycles. The topological polar surface area (TPSA) is 49.4 Å². The number of sulfone groups is 1. The quantitative estimate of drug-likeness (QED) is 0.894. The highest BCUT2D eigenvalue weighted by Crippen LogP contribution is 2.36. The Labute approximate surface area is 120 Å². The fraction of sp³-hybridized carbons (Fsp3) is 0.600. The molecule has 3 heterocycles. The van der Waals surface area contributed by atoms with E-state index in [-0.39, 0.29) is 11.8 Å². The number of hydrogen-bond acceptors (Lipinski definition) is 4. The standard InChI is InChI=1S/C15H20N2O2S/c18-20(19)10-13(11-4-1-2-6-15(11)20)16-12-7-9-17-8-3-5-14(12)17/h1-2,4,6,12-14,16H,3,5,7-10H2. The van der Waals surface area contributed by atoms with E-state index >= 15 is 0 Å². The molecule has 1 aromatic carbocycles. The van der Waals surface area contributed by atoms with Gasteiger partial charge >= 0.3 is 0 Å². The summed E-state index contributed by atoms with van der Waals surface area (Å²) in [6, 6.07) is 8.48. The summed E-state index contributed by atoms with van der Waals surface area (Å²) in [5, 5.41) is 3.64. The Bertz CT molecular complexity index is 629. The Hall–Kier alpha value is -0.910. The van der Waals surface area contributed by atoms with Crippen molar-refractivity contribution in [2.24, 2.45) is 0 Å². The number of nitrogens with zero attached hydrogens (tertiary/aromatic N) is 1. The van der Waals surface area contributed by atoms with E-state index in [2.05, 4.69) is 10.2 Å². The minimum atomic E-state index is -3.09. The minimum Gasteiger partial charge on any atom is -0.305 e. The SMILES string of the molecule is O=S1(=O)CC(NC2CCN3CCCC23)c2ccccc21. The first kappa shape index (κ1) is 12.8. The van der Waals surface area contributed by atoms with Gasteiger partial charge in [-0.3, -0.25) is 4.90 Å². The zero-order chi connectivity index (χ0) is 13.7. The predicted molar refractivity (Wildman–Crippen MR) is 77.4 cm³/mol. The third-order valence-electron chi connectivity index (χ3n) is 5.04. The van der Waals surface area contributed by atoms with Crippen LogP contribution in [-0.2, 0) is 9.84 Å². The van der Waals surface area contributed by atoms with E-state index in [0.29, 0.717) is 17.0 Å². The van der Waals surface area contributed by atoms with Crippen molar-refractivity contribution >= 4 is 9.84 Å². The maximum absolute atomic E-state index is 12.2. The Morgan fingerprint density at radius 1 is 1.15 bits per heavy atom. The molecule has 0 aliphatic carbocycles. The van der Waals surface area contributed by atoms with E-state index in [0.717, 1.165) is 18.5 Å². The van der Waals surface area contributed by atoms with Crippen LogP contribution in [-0.4, -0.2) is 44.2 Å². The van der Waals surface area contributed by atoms with Gasteiger partial charge < -0.3 is 5.32 Å². The molecular weight excluding hydrogens is 272 g/mol. The van der Waals surface area contributed by atoms with Crippen LogP contribution in [0.1, 0.15) is 30.9 Å². The van der Waals surface area contributed by atoms with Crippen molar-refractivity contribution in [3.63, 3.8) is 0 Å². The second-order valence-corrected chi connectivity index (χ2v) is 8.18. The maximum atomic E-state index is 12.2. The van der Waals surface area contributed by atoms with Crippen LogP contribution in [0.15, 0.2) is 29.2 Å². The van der Waals surface area contributed by atoms with Crippen molar-refractivity contribution in [3.8, 4) is 0 Å². The van der Waals surface area contributed by atoms with Gasteiger partial charge in [0, 0.05) is 24.7 Å². The van der Waals surface area contributed by atoms with Gasteiger partial charge in [0.2, 0.25) is 0 Å². The molecule has 0 spiro atoms. The fourth-order valence-electron chi connectivity index (χ4n) is 4.12. The Kier molecular flexibility index (Phi) is 2.91. The molecule has 2 fully saturated rings. The number of rotatable bonds is 2. The highest BCUT2D eigenvalue weighted by atomic mass is 32.2. The van der Waals surface area contributed by atoms with Gasteiger partial charge in [0.15, 0.2) is 9.84 Å². The van der Waals surface area contributed by atoms with E-state index in [1.165, 1.54) is 19.4 Å². The van der Waals surface area contributed by atoms with E-state index in [1.807, 2.05) is 18.2 Å². The van der Waals surface area contributed by atoms with Crippen LogP contribution >= 0.6 is 0 Å². The van der Waals surface area contributed by atoms with Crippen molar-refractivity contribution in [2.75, 3.05) is 18.8 Å². The van der Waals surface area contributed by atoms with Crippen LogP contribution in [0.3, 0.4) is 0 Å². The average Bonchev–Trinajstić information content (AvgIpc) is 3.07. The van der Waals surface area contributed by atoms with Gasteiger partial charge in [-0.2, -0.15) is 0 Å². The summed E-state index contributed by atoms with van der Waals surface area (Å²) in [6.45, 7) is 2.37. The summed E-state index contributed by atoms with van der Waals surface area (Å²) >= 11 is 0. The van der Waals surface area contributed by atoms with Crippen molar-refractivity contribution in [2.45, 2.75) is 42.3 Å². The van der Waals surface area contributed by atoms with Crippen molar-refractivity contribution in [1.82, 2.24) is 10.2 Å². The molecule has 0 saturated carbocycles. The molecule has 1 aromatic rings. The first-order valence-corrected chi connectivity index (χ1v) is 9.12. The predicted octanol–water partition coefficient (Wildman–Crippen LogP) is 1.34. The molecule has 3 aliphatic rings. The number of nitrogens with one attached hydrogen (secondary N) is 1. The number of benzene rings is 1. The molecule has 1 N–H and O–H groups in total. The Morgan fingerprint density at radius 3 is 2.90 bits per heavy atom. The van der Waals surface area contributed by atoms with Gasteiger partial charge in [0.1, 0.15) is 0 Å². The molecule has 4 rings (SSSR count). The highest BCUT2D eigenvalue weighted by molar-refractivity contribution is 7.91. The van der Waals surface area contributed by atoms with E-state index in [4.69, 9.17) is 0 Å². The molecular formula is C15H20N2O2S. The van der Waals surface area contributed by atoms with Crippen LogP contribution in [0.5, 0.6) is 0 Å². The van der Waals surface area contributed by atoms with Crippen molar-refractivity contribution < 1.29 is 8.42 Å². The Morgan fingerprint density at radius 2 is 2.00 bits per heavy atom. The van der Waals surface area contributed by atoms with Crippen LogP contribution in [0, 0.1) is 0 Å². The Balaban J connectivity index is 1.59. The molecule has 0 amide bonds. The van der Waals surface area contributed by atoms with Gasteiger partial charge in [0.25, 0.3) is 0 Å². The lowest BCUT2D eigenvalue weighted by atomic mass is 10.0. The summed E-state index contributed by atoms with van der Waals surface area (Å²) in [5.41, 5.74) is 0.962. The van der Waals surface area contributed by atoms with Crippen LogP contribution < -0.4 is 5.32 Å². The second-order valence-electron chi connectivity index (χ2n) is 6.18. The molecule has 3 aliphatic heterocycles. The van der Waals surface area contributed by atoms with Crippen LogP contribution in [0.25, 0.3) is 0 Å². The summed E-state index contributed by atoms with van der Waals surface area (Å²) in [5.74, 6) is 0.218. The van der Waals surface area contributed by atoms with E-state index in [9.17, 15) is 8.42 Å². The molecule has 4 nitrogen and oxygen atoms in total. The summed E-state index contributed by atoms with van der Waals surface area (Å²) in [7, 11) is -3.09. The first-order chi connectivity index (χ1) is 9.65. The summed E-state index contributed by atoms with van der Waals surface area (Å²) in [4.78, 5) is 3.08. The molecule has 108 valence electrons. The first-order valence-electron chi connectivity index (χ1n) is 7.47. The van der Waals surface area contributed by atoms with E-state index in [1.54, 1.807) is 6.07 Å². The number of hydrogen-bond donors (Lipinski definition) is 1. The molecule has 5 heteroatoms. The molecule has 0 aromatic heterocycles. The summed E-state index contributed by atoms with van der Waals surface area (Å²) in [6.07, 6.45) is 3.67. The van der Waals surface area contributed by atoms with Gasteiger partial charge in [-0.15, -0.1) is 0 Å². The largest absolute Gasteiger partial charge is 0.305 e. The van der Waals surface area contributed by atoms with Crippen molar-refractivity contribution in [1.29, 1.82) is 0 Å². The number of fused-ring (bicyclic) bond motifs is 2. The molecule has 3 unspecified atom stereocenters. The smallest absolute Gasteiger partial charge is 0.180 e. The highest BCUT2D eigenvalue weighted by Gasteiger charge is 2.41. The van der Waals surface area contributed by atoms with Gasteiger partial charge in [-0.05, 0) is 37.4 Å². The monoisotopic (exact) mass is 292 g/mol. The van der Waals surface area contributed by atoms with Gasteiger partial charge in [0.05, 0.1) is 10.6 Å². The second kappa shape index (κ2) is 4.55. The third-order valence-corrected chi connectivity index (χ3v) is 6.85. The molecule has 3 atom stereocenters. The van der Waals surface area contributed by atoms with Gasteiger partial charge in [-0.25, -0.2) is 8.42 Å². The third kappa shape index (κ3) is 1.91. The molecule has 0 bridgehead atoms. The van der Waals surface area contributed by atoms with Crippen LogP contribution in [0.2, 0.25) is 0 Å². The maximum Gasteiger partial charge on any atom is 0.180 e. The van der Waals surface area contributed by atoms with Crippen LogP contribution in [0.4, 0.5) is 0 Å². The lowest BCUT2D eigenvalue weighted by molar-refractivity contribution is 0.292.